The minimum Gasteiger partial charge on any atom is -0.492 e. The molecule has 1 aromatic rings. The van der Waals surface area contributed by atoms with Crippen LogP contribution in [-0.4, -0.2) is 22.7 Å². The summed E-state index contributed by atoms with van der Waals surface area (Å²) in [6, 6.07) is 3.69. The third kappa shape index (κ3) is 4.06. The first-order chi connectivity index (χ1) is 7.93. The van der Waals surface area contributed by atoms with Gasteiger partial charge in [0.2, 0.25) is 0 Å². The summed E-state index contributed by atoms with van der Waals surface area (Å²) in [6.45, 7) is 5.86. The minimum atomic E-state index is -0.768. The predicted molar refractivity (Wildman–Crippen MR) is 65.1 cm³/mol. The molecule has 17 heavy (non-hydrogen) atoms. The molecule has 0 radical (unpaired) electrons. The maximum atomic E-state index is 10.9. The summed E-state index contributed by atoms with van der Waals surface area (Å²) in [4.78, 5) is 15.0. The highest BCUT2D eigenvalue weighted by atomic mass is 16.5. The SMILES string of the molecule is Cc1ncccc1OCCCC(C)(C)C(=O)O. The summed E-state index contributed by atoms with van der Waals surface area (Å²) in [7, 11) is 0. The Kier molecular flexibility index (Phi) is 4.49. The number of carboxylic acid groups (broad SMARTS) is 1. The highest BCUT2D eigenvalue weighted by Gasteiger charge is 2.26. The first-order valence-electron chi connectivity index (χ1n) is 5.71. The van der Waals surface area contributed by atoms with Gasteiger partial charge >= 0.3 is 5.97 Å². The van der Waals surface area contributed by atoms with Crippen molar-refractivity contribution in [3.8, 4) is 5.75 Å². The molecule has 0 saturated carbocycles. The number of hydrogen-bond acceptors (Lipinski definition) is 3. The second kappa shape index (κ2) is 5.66. The summed E-state index contributed by atoms with van der Waals surface area (Å²) >= 11 is 0. The topological polar surface area (TPSA) is 59.4 Å². The predicted octanol–water partition coefficient (Wildman–Crippen LogP) is 2.66. The Labute approximate surface area is 102 Å². The highest BCUT2D eigenvalue weighted by molar-refractivity contribution is 5.73. The van der Waals surface area contributed by atoms with E-state index in [0.717, 1.165) is 11.4 Å². The maximum absolute atomic E-state index is 10.9. The molecule has 0 spiro atoms. The van der Waals surface area contributed by atoms with E-state index in [2.05, 4.69) is 4.98 Å². The Hall–Kier alpha value is -1.58. The van der Waals surface area contributed by atoms with E-state index >= 15 is 0 Å². The van der Waals surface area contributed by atoms with E-state index in [1.54, 1.807) is 20.0 Å². The van der Waals surface area contributed by atoms with Gasteiger partial charge in [0, 0.05) is 6.20 Å². The lowest BCUT2D eigenvalue weighted by Gasteiger charge is -2.18. The number of aliphatic carboxylic acids is 1. The summed E-state index contributed by atoms with van der Waals surface area (Å²) < 4.78 is 5.56. The average Bonchev–Trinajstić information content (AvgIpc) is 2.26. The van der Waals surface area contributed by atoms with Crippen molar-refractivity contribution in [2.45, 2.75) is 33.6 Å². The van der Waals surface area contributed by atoms with E-state index in [9.17, 15) is 4.79 Å². The second-order valence-corrected chi connectivity index (χ2v) is 4.73. The molecule has 4 heteroatoms. The van der Waals surface area contributed by atoms with Crippen molar-refractivity contribution >= 4 is 5.97 Å². The van der Waals surface area contributed by atoms with Crippen molar-refractivity contribution in [1.82, 2.24) is 4.98 Å². The lowest BCUT2D eigenvalue weighted by molar-refractivity contribution is -0.147. The van der Waals surface area contributed by atoms with E-state index in [0.29, 0.717) is 19.4 Å². The zero-order valence-corrected chi connectivity index (χ0v) is 10.6. The minimum absolute atomic E-state index is 0.517. The number of ether oxygens (including phenoxy) is 1. The molecule has 1 N–H and O–H groups in total. The Morgan fingerprint density at radius 1 is 1.53 bits per heavy atom. The van der Waals surface area contributed by atoms with Gasteiger partial charge in [0.15, 0.2) is 0 Å². The number of aromatic nitrogens is 1. The van der Waals surface area contributed by atoms with Crippen LogP contribution in [0, 0.1) is 12.3 Å². The van der Waals surface area contributed by atoms with Crippen LogP contribution < -0.4 is 4.74 Å². The van der Waals surface area contributed by atoms with Crippen LogP contribution in [0.1, 0.15) is 32.4 Å². The van der Waals surface area contributed by atoms with Crippen molar-refractivity contribution < 1.29 is 14.6 Å². The van der Waals surface area contributed by atoms with Gasteiger partial charge in [0.25, 0.3) is 0 Å². The molecule has 0 unspecified atom stereocenters. The molecule has 0 saturated heterocycles. The van der Waals surface area contributed by atoms with Gasteiger partial charge in [-0.3, -0.25) is 9.78 Å². The Morgan fingerprint density at radius 2 is 2.24 bits per heavy atom. The van der Waals surface area contributed by atoms with Crippen LogP contribution >= 0.6 is 0 Å². The van der Waals surface area contributed by atoms with Gasteiger partial charge in [-0.05, 0) is 45.7 Å². The quantitative estimate of drug-likeness (QED) is 0.773. The molecule has 0 aromatic carbocycles. The van der Waals surface area contributed by atoms with Gasteiger partial charge in [-0.25, -0.2) is 0 Å². The Bertz CT molecular complexity index is 388. The van der Waals surface area contributed by atoms with E-state index in [1.165, 1.54) is 0 Å². The zero-order valence-electron chi connectivity index (χ0n) is 10.6. The summed E-state index contributed by atoms with van der Waals surface area (Å²) in [6.07, 6.45) is 3.03. The van der Waals surface area contributed by atoms with Gasteiger partial charge < -0.3 is 9.84 Å². The van der Waals surface area contributed by atoms with Gasteiger partial charge in [0.05, 0.1) is 17.7 Å². The summed E-state index contributed by atoms with van der Waals surface area (Å²) in [5.74, 6) is -0.00399. The van der Waals surface area contributed by atoms with Crippen molar-refractivity contribution in [3.05, 3.63) is 24.0 Å². The highest BCUT2D eigenvalue weighted by Crippen LogP contribution is 2.22. The van der Waals surface area contributed by atoms with Crippen LogP contribution in [0.3, 0.4) is 0 Å². The first-order valence-corrected chi connectivity index (χ1v) is 5.71. The standard InChI is InChI=1S/C13H19NO3/c1-10-11(6-4-8-14-10)17-9-5-7-13(2,3)12(15)16/h4,6,8H,5,7,9H2,1-3H3,(H,15,16). The largest absolute Gasteiger partial charge is 0.492 e. The van der Waals surface area contributed by atoms with Crippen molar-refractivity contribution in [2.24, 2.45) is 5.41 Å². The van der Waals surface area contributed by atoms with Crippen LogP contribution in [0.2, 0.25) is 0 Å². The van der Waals surface area contributed by atoms with Gasteiger partial charge in [0.1, 0.15) is 5.75 Å². The molecule has 0 aliphatic carbocycles. The molecular weight excluding hydrogens is 218 g/mol. The summed E-state index contributed by atoms with van der Waals surface area (Å²) in [5, 5.41) is 8.95. The second-order valence-electron chi connectivity index (χ2n) is 4.73. The normalized spacial score (nSPS) is 11.2. The monoisotopic (exact) mass is 237 g/mol. The van der Waals surface area contributed by atoms with E-state index in [-0.39, 0.29) is 0 Å². The van der Waals surface area contributed by atoms with E-state index in [1.807, 2.05) is 19.1 Å². The molecule has 0 amide bonds. The smallest absolute Gasteiger partial charge is 0.309 e. The molecule has 0 bridgehead atoms. The van der Waals surface area contributed by atoms with Gasteiger partial charge in [-0.1, -0.05) is 0 Å². The molecule has 4 nitrogen and oxygen atoms in total. The van der Waals surface area contributed by atoms with Crippen LogP contribution in [0.25, 0.3) is 0 Å². The lowest BCUT2D eigenvalue weighted by Crippen LogP contribution is -2.24. The molecule has 0 aliphatic rings. The van der Waals surface area contributed by atoms with E-state index in [4.69, 9.17) is 9.84 Å². The van der Waals surface area contributed by atoms with Crippen LogP contribution in [0.15, 0.2) is 18.3 Å². The third-order valence-electron chi connectivity index (χ3n) is 2.74. The van der Waals surface area contributed by atoms with E-state index < -0.39 is 11.4 Å². The third-order valence-corrected chi connectivity index (χ3v) is 2.74. The molecule has 1 rings (SSSR count). The number of carboxylic acids is 1. The van der Waals surface area contributed by atoms with Crippen molar-refractivity contribution in [2.75, 3.05) is 6.61 Å². The molecular formula is C13H19NO3. The maximum Gasteiger partial charge on any atom is 0.309 e. The fourth-order valence-corrected chi connectivity index (χ4v) is 1.43. The van der Waals surface area contributed by atoms with Crippen molar-refractivity contribution in [1.29, 1.82) is 0 Å². The van der Waals surface area contributed by atoms with Crippen molar-refractivity contribution in [3.63, 3.8) is 0 Å². The zero-order chi connectivity index (χ0) is 12.9. The first kappa shape index (κ1) is 13.5. The fourth-order valence-electron chi connectivity index (χ4n) is 1.43. The van der Waals surface area contributed by atoms with Crippen LogP contribution in [-0.2, 0) is 4.79 Å². The fraction of sp³-hybridized carbons (Fsp3) is 0.538. The van der Waals surface area contributed by atoms with Crippen LogP contribution in [0.5, 0.6) is 5.75 Å². The average molecular weight is 237 g/mol. The molecule has 0 atom stereocenters. The number of nitrogens with zero attached hydrogens (tertiary/aromatic N) is 1. The molecule has 1 heterocycles. The number of pyridine rings is 1. The molecule has 0 aliphatic heterocycles. The number of aryl methyl sites for hydroxylation is 1. The van der Waals surface area contributed by atoms with Gasteiger partial charge in [-0.2, -0.15) is 0 Å². The number of hydrogen-bond donors (Lipinski definition) is 1. The number of carbonyl (C=O) groups is 1. The molecule has 1 aromatic heterocycles. The van der Waals surface area contributed by atoms with Crippen LogP contribution in [0.4, 0.5) is 0 Å². The lowest BCUT2D eigenvalue weighted by atomic mass is 9.88. The number of rotatable bonds is 6. The Balaban J connectivity index is 2.35. The van der Waals surface area contributed by atoms with Gasteiger partial charge in [-0.15, -0.1) is 0 Å². The summed E-state index contributed by atoms with van der Waals surface area (Å²) in [5.41, 5.74) is 0.165. The Morgan fingerprint density at radius 3 is 2.82 bits per heavy atom. The molecule has 0 fully saturated rings. The molecule has 94 valence electrons.